The summed E-state index contributed by atoms with van der Waals surface area (Å²) < 4.78 is 12.6. The molecule has 0 saturated carbocycles. The van der Waals surface area contributed by atoms with Gasteiger partial charge in [-0.25, -0.2) is 0 Å². The van der Waals surface area contributed by atoms with E-state index < -0.39 is 0 Å². The predicted octanol–water partition coefficient (Wildman–Crippen LogP) is 4.16. The number of hydrogen-bond acceptors (Lipinski definition) is 4. The zero-order valence-electron chi connectivity index (χ0n) is 14.7. The van der Waals surface area contributed by atoms with Crippen LogP contribution < -0.4 is 9.47 Å². The normalized spacial score (nSPS) is 10.8. The first-order valence-corrected chi connectivity index (χ1v) is 8.37. The second-order valence-corrected chi connectivity index (χ2v) is 5.96. The van der Waals surface area contributed by atoms with Gasteiger partial charge < -0.3 is 9.47 Å². The van der Waals surface area contributed by atoms with Gasteiger partial charge in [0.05, 0.1) is 32.0 Å². The minimum Gasteiger partial charge on any atom is -0.493 e. The molecule has 5 nitrogen and oxygen atoms in total. The van der Waals surface area contributed by atoms with E-state index in [0.717, 1.165) is 27.7 Å². The first-order chi connectivity index (χ1) is 12.8. The molecule has 0 aliphatic rings. The highest BCUT2D eigenvalue weighted by Crippen LogP contribution is 2.31. The molecule has 0 radical (unpaired) electrons. The van der Waals surface area contributed by atoms with Gasteiger partial charge in [-0.1, -0.05) is 24.3 Å². The first kappa shape index (κ1) is 16.1. The molecular formula is C21H19N3O2. The number of aromatic nitrogens is 3. The fourth-order valence-corrected chi connectivity index (χ4v) is 3.07. The van der Waals surface area contributed by atoms with Crippen LogP contribution in [0.2, 0.25) is 0 Å². The van der Waals surface area contributed by atoms with Gasteiger partial charge in [-0.05, 0) is 35.9 Å². The van der Waals surface area contributed by atoms with Crippen LogP contribution in [0.3, 0.4) is 0 Å². The van der Waals surface area contributed by atoms with Crippen molar-refractivity contribution in [2.45, 2.75) is 6.54 Å². The minimum atomic E-state index is 0.668. The lowest BCUT2D eigenvalue weighted by Crippen LogP contribution is -2.02. The number of rotatable bonds is 5. The molecule has 0 aliphatic carbocycles. The Hall–Kier alpha value is -3.34. The van der Waals surface area contributed by atoms with Gasteiger partial charge in [0, 0.05) is 23.3 Å². The number of para-hydroxylation sites is 1. The Kier molecular flexibility index (Phi) is 4.27. The van der Waals surface area contributed by atoms with Crippen molar-refractivity contribution < 1.29 is 9.47 Å². The lowest BCUT2D eigenvalue weighted by Gasteiger charge is -2.08. The number of hydrogen-bond donors (Lipinski definition) is 0. The van der Waals surface area contributed by atoms with Crippen LogP contribution in [0, 0.1) is 0 Å². The van der Waals surface area contributed by atoms with Crippen molar-refractivity contribution in [3.8, 4) is 22.8 Å². The maximum absolute atomic E-state index is 5.38. The summed E-state index contributed by atoms with van der Waals surface area (Å²) in [6.07, 6.45) is 3.80. The summed E-state index contributed by atoms with van der Waals surface area (Å²) in [6.45, 7) is 0.668. The molecule has 0 amide bonds. The van der Waals surface area contributed by atoms with E-state index in [9.17, 15) is 0 Å². The molecule has 0 atom stereocenters. The molecule has 0 spiro atoms. The topological polar surface area (TPSA) is 49.2 Å². The number of nitrogens with zero attached hydrogens (tertiary/aromatic N) is 3. The lowest BCUT2D eigenvalue weighted by atomic mass is 10.1. The van der Waals surface area contributed by atoms with Crippen LogP contribution in [-0.4, -0.2) is 29.0 Å². The second-order valence-electron chi connectivity index (χ2n) is 5.96. The molecule has 0 bridgehead atoms. The van der Waals surface area contributed by atoms with Crippen LogP contribution in [0.1, 0.15) is 5.56 Å². The van der Waals surface area contributed by atoms with Crippen molar-refractivity contribution in [1.82, 2.24) is 14.8 Å². The van der Waals surface area contributed by atoms with Gasteiger partial charge in [-0.15, -0.1) is 0 Å². The van der Waals surface area contributed by atoms with E-state index in [4.69, 9.17) is 14.6 Å². The Morgan fingerprint density at radius 1 is 0.923 bits per heavy atom. The predicted molar refractivity (Wildman–Crippen MR) is 102 cm³/mol. The highest BCUT2D eigenvalue weighted by atomic mass is 16.5. The molecule has 2 aromatic heterocycles. The summed E-state index contributed by atoms with van der Waals surface area (Å²) in [4.78, 5) is 4.51. The maximum Gasteiger partial charge on any atom is 0.161 e. The molecule has 0 N–H and O–H groups in total. The third-order valence-electron chi connectivity index (χ3n) is 4.37. The summed E-state index contributed by atoms with van der Waals surface area (Å²) in [5.41, 5.74) is 4.03. The monoisotopic (exact) mass is 345 g/mol. The summed E-state index contributed by atoms with van der Waals surface area (Å²) in [6, 6.07) is 18.1. The Morgan fingerprint density at radius 2 is 1.77 bits per heavy atom. The average molecular weight is 345 g/mol. The lowest BCUT2D eigenvalue weighted by molar-refractivity contribution is 0.355. The van der Waals surface area contributed by atoms with Crippen molar-refractivity contribution in [2.75, 3.05) is 14.2 Å². The van der Waals surface area contributed by atoms with Crippen molar-refractivity contribution in [2.24, 2.45) is 0 Å². The number of benzene rings is 2. The van der Waals surface area contributed by atoms with E-state index in [1.54, 1.807) is 14.2 Å². The first-order valence-electron chi connectivity index (χ1n) is 8.37. The Labute approximate surface area is 151 Å². The smallest absolute Gasteiger partial charge is 0.161 e. The van der Waals surface area contributed by atoms with E-state index in [-0.39, 0.29) is 0 Å². The molecule has 130 valence electrons. The molecule has 2 aromatic carbocycles. The van der Waals surface area contributed by atoms with Gasteiger partial charge in [0.15, 0.2) is 11.5 Å². The van der Waals surface area contributed by atoms with Crippen LogP contribution >= 0.6 is 0 Å². The minimum absolute atomic E-state index is 0.668. The van der Waals surface area contributed by atoms with E-state index in [1.807, 2.05) is 47.4 Å². The van der Waals surface area contributed by atoms with Gasteiger partial charge in [-0.2, -0.15) is 5.10 Å². The number of pyridine rings is 1. The summed E-state index contributed by atoms with van der Waals surface area (Å²) in [5, 5.41) is 5.84. The number of fused-ring (bicyclic) bond motifs is 1. The van der Waals surface area contributed by atoms with Crippen molar-refractivity contribution in [3.63, 3.8) is 0 Å². The summed E-state index contributed by atoms with van der Waals surface area (Å²) >= 11 is 0. The number of ether oxygens (including phenoxy) is 2. The van der Waals surface area contributed by atoms with Gasteiger partial charge in [-0.3, -0.25) is 9.67 Å². The van der Waals surface area contributed by atoms with Crippen molar-refractivity contribution in [1.29, 1.82) is 0 Å². The Bertz CT molecular complexity index is 1050. The Balaban J connectivity index is 1.64. The average Bonchev–Trinajstić information content (AvgIpc) is 3.16. The molecule has 5 heteroatoms. The standard InChI is InChI=1S/C21H19N3O2/c1-25-19-9-8-16(13-20(19)26-2)18-10-12-24(23-18)14-17-6-3-5-15-7-4-11-22-21(15)17/h3-13H,14H2,1-2H3. The summed E-state index contributed by atoms with van der Waals surface area (Å²) in [7, 11) is 3.26. The largest absolute Gasteiger partial charge is 0.493 e. The maximum atomic E-state index is 5.38. The molecule has 0 unspecified atom stereocenters. The second kappa shape index (κ2) is 6.88. The van der Waals surface area contributed by atoms with Gasteiger partial charge in [0.1, 0.15) is 0 Å². The van der Waals surface area contributed by atoms with Crippen LogP contribution in [0.25, 0.3) is 22.2 Å². The van der Waals surface area contributed by atoms with Gasteiger partial charge in [0.25, 0.3) is 0 Å². The molecule has 0 fully saturated rings. The molecule has 4 rings (SSSR count). The van der Waals surface area contributed by atoms with Crippen LogP contribution in [0.4, 0.5) is 0 Å². The van der Waals surface area contributed by atoms with E-state index in [2.05, 4.69) is 29.2 Å². The molecule has 26 heavy (non-hydrogen) atoms. The number of methoxy groups -OCH3 is 2. The molecular weight excluding hydrogens is 326 g/mol. The van der Waals surface area contributed by atoms with E-state index >= 15 is 0 Å². The van der Waals surface area contributed by atoms with E-state index in [1.165, 1.54) is 0 Å². The zero-order valence-corrected chi connectivity index (χ0v) is 14.7. The molecule has 0 aliphatic heterocycles. The van der Waals surface area contributed by atoms with E-state index in [0.29, 0.717) is 18.0 Å². The fraction of sp³-hybridized carbons (Fsp3) is 0.143. The fourth-order valence-electron chi connectivity index (χ4n) is 3.07. The van der Waals surface area contributed by atoms with Crippen LogP contribution in [0.15, 0.2) is 67.0 Å². The van der Waals surface area contributed by atoms with Gasteiger partial charge >= 0.3 is 0 Å². The quantitative estimate of drug-likeness (QED) is 0.545. The van der Waals surface area contributed by atoms with Crippen LogP contribution in [0.5, 0.6) is 11.5 Å². The molecule has 0 saturated heterocycles. The Morgan fingerprint density at radius 3 is 2.62 bits per heavy atom. The zero-order chi connectivity index (χ0) is 17.9. The highest BCUT2D eigenvalue weighted by molar-refractivity contribution is 5.81. The third-order valence-corrected chi connectivity index (χ3v) is 4.37. The summed E-state index contributed by atoms with van der Waals surface area (Å²) in [5.74, 6) is 1.40. The van der Waals surface area contributed by atoms with Crippen LogP contribution in [-0.2, 0) is 6.54 Å². The third kappa shape index (κ3) is 2.99. The van der Waals surface area contributed by atoms with Crippen molar-refractivity contribution in [3.05, 3.63) is 72.6 Å². The molecule has 2 heterocycles. The SMILES string of the molecule is COc1ccc(-c2ccn(Cc3cccc4cccnc34)n2)cc1OC. The molecule has 4 aromatic rings. The van der Waals surface area contributed by atoms with Gasteiger partial charge in [0.2, 0.25) is 0 Å². The van der Waals surface area contributed by atoms with Crippen molar-refractivity contribution >= 4 is 10.9 Å². The highest BCUT2D eigenvalue weighted by Gasteiger charge is 2.09.